The number of rotatable bonds is 8. The van der Waals surface area contributed by atoms with Gasteiger partial charge in [0.05, 0.1) is 5.56 Å². The SMILES string of the molecule is CNc1ccc(C)cc1C(=O)NCCCCCSC. The van der Waals surface area contributed by atoms with Gasteiger partial charge in [0.1, 0.15) is 0 Å². The Morgan fingerprint density at radius 3 is 2.74 bits per heavy atom. The van der Waals surface area contributed by atoms with Crippen molar-refractivity contribution >= 4 is 23.4 Å². The molecule has 1 aromatic rings. The van der Waals surface area contributed by atoms with Crippen LogP contribution in [0.3, 0.4) is 0 Å². The number of carbonyl (C=O) groups is 1. The Bertz CT molecular complexity index is 407. The molecule has 0 atom stereocenters. The molecule has 1 amide bonds. The lowest BCUT2D eigenvalue weighted by Crippen LogP contribution is -2.25. The van der Waals surface area contributed by atoms with Crippen molar-refractivity contribution < 1.29 is 4.79 Å². The minimum absolute atomic E-state index is 0.0120. The number of thioether (sulfide) groups is 1. The molecule has 0 aromatic heterocycles. The van der Waals surface area contributed by atoms with Gasteiger partial charge in [0.15, 0.2) is 0 Å². The second kappa shape index (κ2) is 8.86. The Balaban J connectivity index is 2.43. The first-order chi connectivity index (χ1) is 9.19. The van der Waals surface area contributed by atoms with E-state index in [1.807, 2.05) is 43.9 Å². The lowest BCUT2D eigenvalue weighted by atomic mass is 10.1. The van der Waals surface area contributed by atoms with Crippen molar-refractivity contribution in [1.82, 2.24) is 5.32 Å². The first-order valence-corrected chi connectivity index (χ1v) is 8.14. The van der Waals surface area contributed by atoms with Crippen molar-refractivity contribution in [1.29, 1.82) is 0 Å². The summed E-state index contributed by atoms with van der Waals surface area (Å²) in [5.74, 6) is 1.22. The fraction of sp³-hybridized carbons (Fsp3) is 0.533. The van der Waals surface area contributed by atoms with E-state index in [1.54, 1.807) is 0 Å². The van der Waals surface area contributed by atoms with E-state index in [9.17, 15) is 4.79 Å². The summed E-state index contributed by atoms with van der Waals surface area (Å²) in [6.07, 6.45) is 5.57. The van der Waals surface area contributed by atoms with E-state index >= 15 is 0 Å². The van der Waals surface area contributed by atoms with Crippen LogP contribution in [0.5, 0.6) is 0 Å². The van der Waals surface area contributed by atoms with E-state index in [0.717, 1.165) is 29.8 Å². The summed E-state index contributed by atoms with van der Waals surface area (Å²) in [7, 11) is 1.84. The second-order valence-electron chi connectivity index (χ2n) is 4.61. The molecule has 0 aliphatic heterocycles. The first kappa shape index (κ1) is 15.9. The van der Waals surface area contributed by atoms with Crippen molar-refractivity contribution in [2.24, 2.45) is 0 Å². The van der Waals surface area contributed by atoms with Gasteiger partial charge < -0.3 is 10.6 Å². The minimum Gasteiger partial charge on any atom is -0.387 e. The molecule has 0 unspecified atom stereocenters. The van der Waals surface area contributed by atoms with Crippen LogP contribution >= 0.6 is 11.8 Å². The number of amides is 1. The Hall–Kier alpha value is -1.16. The summed E-state index contributed by atoms with van der Waals surface area (Å²) >= 11 is 1.87. The average molecular weight is 280 g/mol. The van der Waals surface area contributed by atoms with E-state index in [0.29, 0.717) is 0 Å². The maximum atomic E-state index is 12.1. The maximum absolute atomic E-state index is 12.1. The number of hydrogen-bond acceptors (Lipinski definition) is 3. The smallest absolute Gasteiger partial charge is 0.253 e. The zero-order valence-corrected chi connectivity index (χ0v) is 12.9. The molecule has 1 aromatic carbocycles. The Morgan fingerprint density at radius 1 is 1.26 bits per heavy atom. The van der Waals surface area contributed by atoms with Crippen molar-refractivity contribution in [3.8, 4) is 0 Å². The third-order valence-corrected chi connectivity index (χ3v) is 3.70. The number of aryl methyl sites for hydroxylation is 1. The number of anilines is 1. The van der Waals surface area contributed by atoms with E-state index < -0.39 is 0 Å². The van der Waals surface area contributed by atoms with Gasteiger partial charge in [0.25, 0.3) is 5.91 Å². The summed E-state index contributed by atoms with van der Waals surface area (Å²) in [6.45, 7) is 2.75. The Labute approximate surface area is 120 Å². The highest BCUT2D eigenvalue weighted by Gasteiger charge is 2.09. The topological polar surface area (TPSA) is 41.1 Å². The van der Waals surface area contributed by atoms with E-state index in [2.05, 4.69) is 16.9 Å². The predicted molar refractivity (Wildman–Crippen MR) is 85.3 cm³/mol. The van der Waals surface area contributed by atoms with E-state index in [4.69, 9.17) is 0 Å². The van der Waals surface area contributed by atoms with Gasteiger partial charge in [-0.2, -0.15) is 11.8 Å². The van der Waals surface area contributed by atoms with Crippen LogP contribution in [0.4, 0.5) is 5.69 Å². The zero-order chi connectivity index (χ0) is 14.1. The van der Waals surface area contributed by atoms with Crippen molar-refractivity contribution in [3.05, 3.63) is 29.3 Å². The van der Waals surface area contributed by atoms with Crippen molar-refractivity contribution in [3.63, 3.8) is 0 Å². The highest BCUT2D eigenvalue weighted by atomic mass is 32.2. The first-order valence-electron chi connectivity index (χ1n) is 6.74. The van der Waals surface area contributed by atoms with Crippen LogP contribution in [0.1, 0.15) is 35.2 Å². The van der Waals surface area contributed by atoms with E-state index in [1.165, 1.54) is 18.6 Å². The lowest BCUT2D eigenvalue weighted by molar-refractivity contribution is 0.0953. The molecule has 4 heteroatoms. The largest absolute Gasteiger partial charge is 0.387 e. The summed E-state index contributed by atoms with van der Waals surface area (Å²) in [4.78, 5) is 12.1. The molecule has 106 valence electrons. The molecule has 0 bridgehead atoms. The van der Waals surface area contributed by atoms with Crippen molar-refractivity contribution in [2.45, 2.75) is 26.2 Å². The molecule has 0 fully saturated rings. The molecule has 1 rings (SSSR count). The van der Waals surface area contributed by atoms with Gasteiger partial charge in [-0.25, -0.2) is 0 Å². The monoisotopic (exact) mass is 280 g/mol. The molecule has 0 radical (unpaired) electrons. The molecule has 2 N–H and O–H groups in total. The fourth-order valence-electron chi connectivity index (χ4n) is 1.91. The molecule has 3 nitrogen and oxygen atoms in total. The third-order valence-electron chi connectivity index (χ3n) is 3.00. The van der Waals surface area contributed by atoms with Crippen LogP contribution in [0, 0.1) is 6.92 Å². The summed E-state index contributed by atoms with van der Waals surface area (Å²) in [5.41, 5.74) is 2.71. The van der Waals surface area contributed by atoms with Gasteiger partial charge in [-0.3, -0.25) is 4.79 Å². The molecule has 0 saturated heterocycles. The summed E-state index contributed by atoms with van der Waals surface area (Å²) < 4.78 is 0. The van der Waals surface area contributed by atoms with Crippen LogP contribution in [-0.2, 0) is 0 Å². The average Bonchev–Trinajstić information content (AvgIpc) is 2.42. The van der Waals surface area contributed by atoms with Gasteiger partial charge in [-0.1, -0.05) is 18.1 Å². The van der Waals surface area contributed by atoms with Crippen LogP contribution in [0.2, 0.25) is 0 Å². The zero-order valence-electron chi connectivity index (χ0n) is 12.1. The molecular weight excluding hydrogens is 256 g/mol. The summed E-state index contributed by atoms with van der Waals surface area (Å²) in [5, 5.41) is 6.05. The quantitative estimate of drug-likeness (QED) is 0.718. The number of unbranched alkanes of at least 4 members (excludes halogenated alkanes) is 2. The molecule has 0 saturated carbocycles. The number of nitrogens with one attached hydrogen (secondary N) is 2. The van der Waals surface area contributed by atoms with Gasteiger partial charge >= 0.3 is 0 Å². The molecule has 0 spiro atoms. The predicted octanol–water partition coefficient (Wildman–Crippen LogP) is 3.30. The van der Waals surface area contributed by atoms with Gasteiger partial charge in [-0.05, 0) is 43.9 Å². The standard InChI is InChI=1S/C15H24N2OS/c1-12-7-8-14(16-2)13(11-12)15(18)17-9-5-4-6-10-19-3/h7-8,11,16H,4-6,9-10H2,1-3H3,(H,17,18). The number of carbonyl (C=O) groups excluding carboxylic acids is 1. The second-order valence-corrected chi connectivity index (χ2v) is 5.59. The molecule has 19 heavy (non-hydrogen) atoms. The maximum Gasteiger partial charge on any atom is 0.253 e. The molecule has 0 aliphatic carbocycles. The highest BCUT2D eigenvalue weighted by Crippen LogP contribution is 2.16. The van der Waals surface area contributed by atoms with Crippen LogP contribution in [-0.4, -0.2) is 31.5 Å². The Kier molecular flexibility index (Phi) is 7.41. The van der Waals surface area contributed by atoms with Crippen LogP contribution in [0.15, 0.2) is 18.2 Å². The molecular formula is C15H24N2OS. The van der Waals surface area contributed by atoms with Gasteiger partial charge in [0, 0.05) is 19.3 Å². The van der Waals surface area contributed by atoms with Crippen LogP contribution in [0.25, 0.3) is 0 Å². The highest BCUT2D eigenvalue weighted by molar-refractivity contribution is 7.98. The molecule has 0 heterocycles. The van der Waals surface area contributed by atoms with Crippen LogP contribution < -0.4 is 10.6 Å². The minimum atomic E-state index is 0.0120. The Morgan fingerprint density at radius 2 is 2.05 bits per heavy atom. The number of hydrogen-bond donors (Lipinski definition) is 2. The van der Waals surface area contributed by atoms with Gasteiger partial charge in [0.2, 0.25) is 0 Å². The van der Waals surface area contributed by atoms with Gasteiger partial charge in [-0.15, -0.1) is 0 Å². The summed E-state index contributed by atoms with van der Waals surface area (Å²) in [6, 6.07) is 5.88. The normalized spacial score (nSPS) is 10.3. The lowest BCUT2D eigenvalue weighted by Gasteiger charge is -2.10. The van der Waals surface area contributed by atoms with Crippen molar-refractivity contribution in [2.75, 3.05) is 30.9 Å². The van der Waals surface area contributed by atoms with E-state index in [-0.39, 0.29) is 5.91 Å². The third kappa shape index (κ3) is 5.55. The number of benzene rings is 1. The molecule has 0 aliphatic rings. The fourth-order valence-corrected chi connectivity index (χ4v) is 2.40.